The van der Waals surface area contributed by atoms with Gasteiger partial charge < -0.3 is 25.0 Å². The molecular weight excluding hydrogens is 458 g/mol. The molecule has 1 aromatic carbocycles. The van der Waals surface area contributed by atoms with Crippen LogP contribution in [-0.2, 0) is 25.7 Å². The van der Waals surface area contributed by atoms with E-state index in [4.69, 9.17) is 9.47 Å². The van der Waals surface area contributed by atoms with Crippen LogP contribution >= 0.6 is 0 Å². The first kappa shape index (κ1) is 26.2. The summed E-state index contributed by atoms with van der Waals surface area (Å²) >= 11 is 0. The van der Waals surface area contributed by atoms with Crippen molar-refractivity contribution in [1.29, 1.82) is 0 Å². The largest absolute Gasteiger partial charge is 0.497 e. The van der Waals surface area contributed by atoms with Gasteiger partial charge in [-0.25, -0.2) is 0 Å². The van der Waals surface area contributed by atoms with Crippen molar-refractivity contribution in [3.63, 3.8) is 0 Å². The number of nitrogens with zero attached hydrogens (tertiary/aromatic N) is 1. The third kappa shape index (κ3) is 4.51. The minimum Gasteiger partial charge on any atom is -0.497 e. The molecule has 4 rings (SSSR count). The molecule has 2 fully saturated rings. The van der Waals surface area contributed by atoms with E-state index in [0.717, 1.165) is 17.7 Å². The summed E-state index contributed by atoms with van der Waals surface area (Å²) in [6.07, 6.45) is 4.46. The number of methoxy groups -OCH3 is 1. The lowest BCUT2D eigenvalue weighted by Gasteiger charge is -2.35. The Hall–Kier alpha value is -2.87. The number of benzene rings is 1. The van der Waals surface area contributed by atoms with Crippen LogP contribution in [0.4, 0.5) is 0 Å². The summed E-state index contributed by atoms with van der Waals surface area (Å²) in [6.45, 7) is 12.5. The Labute approximate surface area is 213 Å². The zero-order valence-electron chi connectivity index (χ0n) is 22.4. The Morgan fingerprint density at radius 1 is 1.14 bits per heavy atom. The Morgan fingerprint density at radius 2 is 1.81 bits per heavy atom. The average Bonchev–Trinajstić information content (AvgIpc) is 3.35. The predicted octanol–water partition coefficient (Wildman–Crippen LogP) is 2.81. The highest BCUT2D eigenvalue weighted by Gasteiger charge is 2.76. The Kier molecular flexibility index (Phi) is 6.71. The molecule has 3 heterocycles. The highest BCUT2D eigenvalue weighted by molar-refractivity contribution is 6.00. The molecule has 3 amide bonds. The lowest BCUT2D eigenvalue weighted by molar-refractivity contribution is -0.145. The maximum absolute atomic E-state index is 13.9. The van der Waals surface area contributed by atoms with Crippen molar-refractivity contribution in [3.05, 3.63) is 42.0 Å². The molecule has 0 radical (unpaired) electrons. The minimum atomic E-state index is -1.17. The number of ether oxygens (including phenoxy) is 2. The van der Waals surface area contributed by atoms with Crippen molar-refractivity contribution in [3.8, 4) is 5.75 Å². The van der Waals surface area contributed by atoms with Gasteiger partial charge in [-0.15, -0.1) is 0 Å². The third-order valence-electron chi connectivity index (χ3n) is 7.40. The molecule has 36 heavy (non-hydrogen) atoms. The van der Waals surface area contributed by atoms with Gasteiger partial charge in [0.1, 0.15) is 17.4 Å². The molecule has 3 aliphatic heterocycles. The molecular formula is C28H39N3O5. The number of fused-ring (bicyclic) bond motifs is 1. The summed E-state index contributed by atoms with van der Waals surface area (Å²) in [4.78, 5) is 42.7. The fraction of sp³-hybridized carbons (Fsp3) is 0.607. The van der Waals surface area contributed by atoms with Crippen molar-refractivity contribution in [1.82, 2.24) is 15.5 Å². The fourth-order valence-corrected chi connectivity index (χ4v) is 5.75. The number of hydrogen-bond donors (Lipinski definition) is 2. The van der Waals surface area contributed by atoms with Crippen LogP contribution in [-0.4, -0.2) is 59.1 Å². The van der Waals surface area contributed by atoms with E-state index in [9.17, 15) is 14.4 Å². The van der Waals surface area contributed by atoms with Crippen LogP contribution in [0.1, 0.15) is 53.5 Å². The smallest absolute Gasteiger partial charge is 0.246 e. The molecule has 2 bridgehead atoms. The molecule has 1 spiro atoms. The summed E-state index contributed by atoms with van der Waals surface area (Å²) < 4.78 is 11.7. The lowest BCUT2D eigenvalue weighted by Crippen LogP contribution is -2.58. The Bertz CT molecular complexity index is 1060. The quantitative estimate of drug-likeness (QED) is 0.539. The van der Waals surface area contributed by atoms with E-state index in [-0.39, 0.29) is 17.7 Å². The van der Waals surface area contributed by atoms with Crippen LogP contribution < -0.4 is 15.4 Å². The van der Waals surface area contributed by atoms with Gasteiger partial charge in [-0.1, -0.05) is 38.1 Å². The van der Waals surface area contributed by atoms with Gasteiger partial charge in [0.05, 0.1) is 24.5 Å². The van der Waals surface area contributed by atoms with Crippen LogP contribution in [0, 0.1) is 17.8 Å². The molecule has 0 aliphatic carbocycles. The molecule has 196 valence electrons. The standard InChI is InChI=1S/C28H39N3O5/c1-17(2)12-15-31-22(24(33)30-26(3,4)5)28-14-13-27(6,36-28)20(21(28)25(31)34)23(32)29-16-18-8-10-19(35-7)11-9-18/h8-11,13-14,17,20-22H,12,15-16H2,1-7H3,(H,29,32)(H,30,33)/t20-,21+,22-,27+,28+/m0/s1. The normalized spacial score (nSPS) is 30.6. The minimum absolute atomic E-state index is 0.192. The number of carbonyl (C=O) groups is 3. The van der Waals surface area contributed by atoms with Crippen LogP contribution in [0.15, 0.2) is 36.4 Å². The molecule has 8 nitrogen and oxygen atoms in total. The SMILES string of the molecule is COc1ccc(CNC(=O)[C@@H]2[C@@H]3C(=O)N(CCC(C)C)[C@@H](C(=O)NC(C)(C)C)[C@@]34C=C[C@@]2(C)O4)cc1. The molecule has 1 aromatic rings. The topological polar surface area (TPSA) is 97.0 Å². The van der Waals surface area contributed by atoms with Gasteiger partial charge >= 0.3 is 0 Å². The van der Waals surface area contributed by atoms with Crippen LogP contribution in [0.3, 0.4) is 0 Å². The number of likely N-dealkylation sites (tertiary alicyclic amines) is 1. The average molecular weight is 498 g/mol. The number of carbonyl (C=O) groups excluding carboxylic acids is 3. The highest BCUT2D eigenvalue weighted by Crippen LogP contribution is 2.59. The maximum Gasteiger partial charge on any atom is 0.246 e. The van der Waals surface area contributed by atoms with E-state index in [2.05, 4.69) is 24.5 Å². The van der Waals surface area contributed by atoms with E-state index in [1.54, 1.807) is 12.0 Å². The zero-order valence-corrected chi connectivity index (χ0v) is 22.4. The molecule has 5 atom stereocenters. The van der Waals surface area contributed by atoms with Crippen LogP contribution in [0.5, 0.6) is 5.75 Å². The predicted molar refractivity (Wildman–Crippen MR) is 136 cm³/mol. The number of rotatable bonds is 8. The summed E-state index contributed by atoms with van der Waals surface area (Å²) in [6, 6.07) is 6.63. The summed E-state index contributed by atoms with van der Waals surface area (Å²) in [5.74, 6) is -1.09. The van der Waals surface area contributed by atoms with Crippen molar-refractivity contribution >= 4 is 17.7 Å². The number of hydrogen-bond acceptors (Lipinski definition) is 5. The molecule has 3 aliphatic rings. The molecule has 2 saturated heterocycles. The zero-order chi connectivity index (χ0) is 26.5. The van der Waals surface area contributed by atoms with Gasteiger partial charge in [-0.3, -0.25) is 14.4 Å². The monoisotopic (exact) mass is 497 g/mol. The lowest BCUT2D eigenvalue weighted by atomic mass is 9.70. The molecule has 2 N–H and O–H groups in total. The highest BCUT2D eigenvalue weighted by atomic mass is 16.5. The van der Waals surface area contributed by atoms with Crippen molar-refractivity contribution in [2.24, 2.45) is 17.8 Å². The first-order valence-electron chi connectivity index (χ1n) is 12.7. The van der Waals surface area contributed by atoms with E-state index in [1.807, 2.05) is 64.1 Å². The van der Waals surface area contributed by atoms with Gasteiger partial charge in [0.15, 0.2) is 0 Å². The Morgan fingerprint density at radius 3 is 2.39 bits per heavy atom. The van der Waals surface area contributed by atoms with Crippen molar-refractivity contribution in [2.45, 2.75) is 77.3 Å². The fourth-order valence-electron chi connectivity index (χ4n) is 5.75. The van der Waals surface area contributed by atoms with Crippen molar-refractivity contribution in [2.75, 3.05) is 13.7 Å². The van der Waals surface area contributed by atoms with E-state index in [1.165, 1.54) is 0 Å². The maximum atomic E-state index is 13.9. The van der Waals surface area contributed by atoms with E-state index < -0.39 is 34.6 Å². The van der Waals surface area contributed by atoms with E-state index >= 15 is 0 Å². The van der Waals surface area contributed by atoms with Gasteiger partial charge in [-0.05, 0) is 57.7 Å². The first-order valence-corrected chi connectivity index (χ1v) is 12.7. The van der Waals surface area contributed by atoms with Crippen LogP contribution in [0.2, 0.25) is 0 Å². The summed E-state index contributed by atoms with van der Waals surface area (Å²) in [5.41, 5.74) is -1.69. The number of amides is 3. The molecule has 0 unspecified atom stereocenters. The first-order chi connectivity index (χ1) is 16.8. The molecule has 0 saturated carbocycles. The van der Waals surface area contributed by atoms with Crippen LogP contribution in [0.25, 0.3) is 0 Å². The second kappa shape index (κ2) is 9.21. The number of nitrogens with one attached hydrogen (secondary N) is 2. The second-order valence-corrected chi connectivity index (χ2v) is 11.8. The van der Waals surface area contributed by atoms with Gasteiger partial charge in [0, 0.05) is 18.6 Å². The molecule has 8 heteroatoms. The third-order valence-corrected chi connectivity index (χ3v) is 7.40. The second-order valence-electron chi connectivity index (χ2n) is 11.8. The summed E-state index contributed by atoms with van der Waals surface area (Å²) in [5, 5.41) is 6.05. The molecule has 0 aromatic heterocycles. The van der Waals surface area contributed by atoms with Gasteiger partial charge in [-0.2, -0.15) is 0 Å². The Balaban J connectivity index is 1.62. The van der Waals surface area contributed by atoms with Gasteiger partial charge in [0.25, 0.3) is 0 Å². The summed E-state index contributed by atoms with van der Waals surface area (Å²) in [7, 11) is 1.61. The van der Waals surface area contributed by atoms with E-state index in [0.29, 0.717) is 19.0 Å². The van der Waals surface area contributed by atoms with Gasteiger partial charge in [0.2, 0.25) is 17.7 Å². The van der Waals surface area contributed by atoms with Crippen molar-refractivity contribution < 1.29 is 23.9 Å².